The molecular formula is C44H44N4S4. The van der Waals surface area contributed by atoms with Crippen molar-refractivity contribution in [3.8, 4) is 22.5 Å². The van der Waals surface area contributed by atoms with Gasteiger partial charge in [0.15, 0.2) is 0 Å². The average molecular weight is 757 g/mol. The molecule has 0 atom stereocenters. The zero-order valence-electron chi connectivity index (χ0n) is 30.3. The van der Waals surface area contributed by atoms with Crippen LogP contribution in [0.15, 0.2) is 136 Å². The highest BCUT2D eigenvalue weighted by Crippen LogP contribution is 2.40. The molecule has 20 rings (SSSR count). The molecule has 6 aromatic rings. The van der Waals surface area contributed by atoms with Crippen molar-refractivity contribution >= 4 is 47.0 Å². The molecule has 2 aromatic heterocycles. The predicted molar refractivity (Wildman–Crippen MR) is 220 cm³/mol. The van der Waals surface area contributed by atoms with Gasteiger partial charge in [-0.2, -0.15) is 0 Å². The quantitative estimate of drug-likeness (QED) is 0.152. The van der Waals surface area contributed by atoms with Crippen LogP contribution in [0.4, 0.5) is 0 Å². The molecule has 0 aliphatic carbocycles. The molecule has 12 bridgehead atoms. The molecule has 0 spiro atoms. The van der Waals surface area contributed by atoms with Crippen LogP contribution in [-0.2, 0) is 25.7 Å². The molecule has 4 aromatic carbocycles. The van der Waals surface area contributed by atoms with Crippen LogP contribution in [0.1, 0.15) is 75.6 Å². The predicted octanol–water partition coefficient (Wildman–Crippen LogP) is 13.3. The highest BCUT2D eigenvalue weighted by Gasteiger charge is 2.20. The summed E-state index contributed by atoms with van der Waals surface area (Å²) in [7, 11) is 0. The number of hydrogen-bond acceptors (Lipinski definition) is 8. The van der Waals surface area contributed by atoms with Gasteiger partial charge in [0.25, 0.3) is 0 Å². The zero-order valence-corrected chi connectivity index (χ0v) is 33.6. The lowest BCUT2D eigenvalue weighted by molar-refractivity contribution is 0.733. The van der Waals surface area contributed by atoms with Crippen molar-refractivity contribution < 1.29 is 0 Å². The lowest BCUT2D eigenvalue weighted by Gasteiger charge is -2.17. The third kappa shape index (κ3) is 8.46. The van der Waals surface area contributed by atoms with Crippen molar-refractivity contribution in [3.63, 3.8) is 0 Å². The summed E-state index contributed by atoms with van der Waals surface area (Å²) < 4.78 is 0. The van der Waals surface area contributed by atoms with Crippen LogP contribution in [0.2, 0.25) is 0 Å². The molecule has 0 saturated carbocycles. The molecule has 0 N–H and O–H groups in total. The second kappa shape index (κ2) is 17.5. The summed E-state index contributed by atoms with van der Waals surface area (Å²) in [5.74, 6) is 0. The Hall–Kier alpha value is -3.56. The van der Waals surface area contributed by atoms with Crippen LogP contribution in [-0.4, -0.2) is 20.4 Å². The third-order valence-corrected chi connectivity index (χ3v) is 13.2. The summed E-state index contributed by atoms with van der Waals surface area (Å²) in [6, 6.07) is 35.4. The summed E-state index contributed by atoms with van der Waals surface area (Å²) in [6.07, 6.45) is 8.20. The van der Waals surface area contributed by atoms with E-state index >= 15 is 0 Å². The number of hydrogen-bond donors (Lipinski definition) is 0. The maximum atomic E-state index is 4.91. The minimum absolute atomic E-state index is 0.978. The van der Waals surface area contributed by atoms with Gasteiger partial charge in [-0.25, -0.2) is 0 Å². The van der Waals surface area contributed by atoms with Gasteiger partial charge in [-0.3, -0.25) is 0 Å². The van der Waals surface area contributed by atoms with E-state index in [1.54, 1.807) is 47.0 Å². The van der Waals surface area contributed by atoms with Gasteiger partial charge in [0.05, 0.1) is 11.4 Å². The van der Waals surface area contributed by atoms with Crippen LogP contribution in [0.25, 0.3) is 22.5 Å². The molecule has 0 unspecified atom stereocenters. The lowest BCUT2D eigenvalue weighted by atomic mass is 9.92. The molecule has 264 valence electrons. The number of aromatic nitrogens is 4. The Morgan fingerprint density at radius 1 is 0.327 bits per heavy atom. The van der Waals surface area contributed by atoms with Crippen molar-refractivity contribution in [2.45, 2.75) is 118 Å². The van der Waals surface area contributed by atoms with Crippen molar-refractivity contribution in [1.82, 2.24) is 20.4 Å². The summed E-state index contributed by atoms with van der Waals surface area (Å²) in [5, 5.41) is 21.5. The molecular weight excluding hydrogens is 713 g/mol. The van der Waals surface area contributed by atoms with Gasteiger partial charge in [0, 0.05) is 40.5 Å². The van der Waals surface area contributed by atoms with Crippen molar-refractivity contribution in [3.05, 3.63) is 119 Å². The van der Waals surface area contributed by atoms with Crippen molar-refractivity contribution in [2.24, 2.45) is 0 Å². The van der Waals surface area contributed by atoms with E-state index in [-0.39, 0.29) is 0 Å². The first-order chi connectivity index (χ1) is 25.6. The second-order valence-electron chi connectivity index (χ2n) is 13.0. The Balaban J connectivity index is 1.30. The normalized spacial score (nSPS) is 12.5. The number of nitrogens with zero attached hydrogens (tertiary/aromatic N) is 4. The fourth-order valence-electron chi connectivity index (χ4n) is 6.67. The molecule has 14 aliphatic heterocycles. The van der Waals surface area contributed by atoms with Crippen molar-refractivity contribution in [2.75, 3.05) is 0 Å². The van der Waals surface area contributed by atoms with E-state index in [2.05, 4.69) is 125 Å². The summed E-state index contributed by atoms with van der Waals surface area (Å²) in [6.45, 7) is 9.01. The van der Waals surface area contributed by atoms with Crippen molar-refractivity contribution in [1.29, 1.82) is 0 Å². The molecule has 8 heteroatoms. The molecule has 0 fully saturated rings. The maximum absolute atomic E-state index is 4.91. The molecule has 52 heavy (non-hydrogen) atoms. The first-order valence-electron chi connectivity index (χ1n) is 18.5. The van der Waals surface area contributed by atoms with E-state index < -0.39 is 0 Å². The first-order valence-corrected chi connectivity index (χ1v) is 21.7. The van der Waals surface area contributed by atoms with Crippen LogP contribution >= 0.6 is 47.0 Å². The topological polar surface area (TPSA) is 51.6 Å². The molecule has 4 nitrogen and oxygen atoms in total. The van der Waals surface area contributed by atoms with Crippen LogP contribution < -0.4 is 0 Å². The summed E-state index contributed by atoms with van der Waals surface area (Å²) in [5.41, 5.74) is 9.61. The van der Waals surface area contributed by atoms with E-state index in [9.17, 15) is 0 Å². The smallest absolute Gasteiger partial charge is 0.127 e. The van der Waals surface area contributed by atoms with E-state index in [0.717, 1.165) is 83.9 Å². The summed E-state index contributed by atoms with van der Waals surface area (Å²) >= 11 is 7.03. The fraction of sp³-hybridized carbons (Fsp3) is 0.273. The second-order valence-corrected chi connectivity index (χ2v) is 17.4. The van der Waals surface area contributed by atoms with E-state index in [1.807, 2.05) is 0 Å². The average Bonchev–Trinajstić information content (AvgIpc) is 3.17. The number of rotatable bonds is 8. The van der Waals surface area contributed by atoms with Crippen LogP contribution in [0.5, 0.6) is 0 Å². The fourth-order valence-corrected chi connectivity index (χ4v) is 10.2. The first kappa shape index (κ1) is 36.8. The molecule has 16 heterocycles. The monoisotopic (exact) mass is 756 g/mol. The van der Waals surface area contributed by atoms with Gasteiger partial charge < -0.3 is 0 Å². The minimum Gasteiger partial charge on any atom is -0.150 e. The minimum atomic E-state index is 0.978. The van der Waals surface area contributed by atoms with E-state index in [0.29, 0.717) is 0 Å². The highest BCUT2D eigenvalue weighted by molar-refractivity contribution is 8.00. The van der Waals surface area contributed by atoms with Gasteiger partial charge in [0.2, 0.25) is 0 Å². The zero-order chi connectivity index (χ0) is 35.9. The van der Waals surface area contributed by atoms with Gasteiger partial charge in [0.1, 0.15) is 10.1 Å². The maximum Gasteiger partial charge on any atom is 0.127 e. The molecule has 0 amide bonds. The van der Waals surface area contributed by atoms with Crippen LogP contribution in [0.3, 0.4) is 0 Å². The standard InChI is InChI=1S/C44H44N4S4/c1-5-9-37-38(10-6-2)42-30-15-19-32(20-16-30)50-34-23-27-36(28-24-34)52-44-40(12-8-4)39(11-7-3)43(47-48-44)51-35-25-21-33(22-26-35)49-31-17-13-29(14-18-31)41(37)45-46-42/h13-28H,5-12H2,1-4H3. The Kier molecular flexibility index (Phi) is 12.4. The highest BCUT2D eigenvalue weighted by atomic mass is 32.2. The Morgan fingerprint density at radius 3 is 0.904 bits per heavy atom. The molecule has 14 aliphatic rings. The SMILES string of the molecule is CCCc1c2nnc(c1CCC)Sc1ccc(cc1)Sc1ccc(cc1)-c1nnc(c(CCC)c1CCC)-c1ccc(cc1)Sc1ccc(cc1)S2. The Labute approximate surface area is 325 Å². The Morgan fingerprint density at radius 2 is 0.596 bits per heavy atom. The molecule has 0 saturated heterocycles. The van der Waals surface area contributed by atoms with Gasteiger partial charge >= 0.3 is 0 Å². The van der Waals surface area contributed by atoms with E-state index in [4.69, 9.17) is 20.4 Å². The largest absolute Gasteiger partial charge is 0.150 e. The third-order valence-electron chi connectivity index (χ3n) is 9.10. The Bertz CT molecular complexity index is 1960. The lowest BCUT2D eigenvalue weighted by Crippen LogP contribution is -2.06. The van der Waals surface area contributed by atoms with E-state index in [1.165, 1.54) is 51.6 Å². The van der Waals surface area contributed by atoms with Crippen LogP contribution in [0, 0.1) is 0 Å². The van der Waals surface area contributed by atoms with Gasteiger partial charge in [-0.15, -0.1) is 20.4 Å². The molecule has 0 radical (unpaired) electrons. The van der Waals surface area contributed by atoms with Gasteiger partial charge in [-0.05, 0) is 121 Å². The van der Waals surface area contributed by atoms with Gasteiger partial charge in [-0.1, -0.05) is 125 Å². The number of benzene rings is 4. The summed E-state index contributed by atoms with van der Waals surface area (Å²) in [4.78, 5) is 7.18.